The Bertz CT molecular complexity index is 703. The average Bonchev–Trinajstić information content (AvgIpc) is 3.09. The van der Waals surface area contributed by atoms with Crippen molar-refractivity contribution in [3.8, 4) is 0 Å². The molecule has 0 saturated carbocycles. The number of anilines is 1. The number of carbonyl (C=O) groups excluding carboxylic acids is 1. The third-order valence-electron chi connectivity index (χ3n) is 4.42. The average molecular weight is 377 g/mol. The van der Waals surface area contributed by atoms with Gasteiger partial charge in [0.25, 0.3) is 0 Å². The quantitative estimate of drug-likeness (QED) is 0.753. The zero-order valence-corrected chi connectivity index (χ0v) is 15.5. The van der Waals surface area contributed by atoms with E-state index >= 15 is 0 Å². The molecule has 1 aliphatic rings. The number of aromatic nitrogens is 3. The molecule has 0 unspecified atom stereocenters. The Hall–Kier alpha value is -1.94. The van der Waals surface area contributed by atoms with Crippen LogP contribution in [0.4, 0.5) is 5.13 Å². The molecule has 3 heterocycles. The maximum Gasteiger partial charge on any atom is 0.240 e. The molecule has 1 aliphatic heterocycles. The zero-order valence-electron chi connectivity index (χ0n) is 14.7. The summed E-state index contributed by atoms with van der Waals surface area (Å²) in [6.45, 7) is 2.24. The van der Waals surface area contributed by atoms with Crippen molar-refractivity contribution in [1.82, 2.24) is 20.1 Å². The maximum absolute atomic E-state index is 12.2. The Kier molecular flexibility index (Phi) is 6.62. The van der Waals surface area contributed by atoms with Crippen LogP contribution in [0.3, 0.4) is 0 Å². The van der Waals surface area contributed by atoms with Gasteiger partial charge in [0.05, 0.1) is 18.3 Å². The van der Waals surface area contributed by atoms with Crippen molar-refractivity contribution in [2.75, 3.05) is 32.1 Å². The monoisotopic (exact) mass is 377 g/mol. The molecule has 140 valence electrons. The van der Waals surface area contributed by atoms with Gasteiger partial charge in [-0.2, -0.15) is 0 Å². The van der Waals surface area contributed by atoms with Crippen molar-refractivity contribution in [3.63, 3.8) is 0 Å². The van der Waals surface area contributed by atoms with E-state index in [4.69, 9.17) is 4.74 Å². The molecule has 0 radical (unpaired) electrons. The SMILES string of the molecule is COCc1nnc(NC(=O)CN2CCC([C@H](O)c3ccccn3)CC2)s1. The second-order valence-corrected chi connectivity index (χ2v) is 7.36. The summed E-state index contributed by atoms with van der Waals surface area (Å²) in [5.41, 5.74) is 0.715. The number of aliphatic hydroxyl groups is 1. The number of piperidine rings is 1. The van der Waals surface area contributed by atoms with Crippen LogP contribution in [0.25, 0.3) is 0 Å². The van der Waals surface area contributed by atoms with Gasteiger partial charge in [-0.05, 0) is 44.0 Å². The van der Waals surface area contributed by atoms with Crippen LogP contribution in [-0.2, 0) is 16.1 Å². The van der Waals surface area contributed by atoms with Crippen molar-refractivity contribution in [2.24, 2.45) is 5.92 Å². The molecule has 2 aromatic rings. The number of pyridine rings is 1. The second-order valence-electron chi connectivity index (χ2n) is 6.30. The van der Waals surface area contributed by atoms with Crippen molar-refractivity contribution in [1.29, 1.82) is 0 Å². The van der Waals surface area contributed by atoms with Crippen molar-refractivity contribution >= 4 is 22.4 Å². The molecule has 1 fully saturated rings. The molecule has 1 saturated heterocycles. The summed E-state index contributed by atoms with van der Waals surface area (Å²) in [4.78, 5) is 18.5. The van der Waals surface area contributed by atoms with Crippen LogP contribution in [0.1, 0.15) is 29.6 Å². The molecule has 0 bridgehead atoms. The lowest BCUT2D eigenvalue weighted by Crippen LogP contribution is -2.40. The summed E-state index contributed by atoms with van der Waals surface area (Å²) < 4.78 is 4.99. The molecule has 0 spiro atoms. The summed E-state index contributed by atoms with van der Waals surface area (Å²) in [6, 6.07) is 5.58. The fourth-order valence-electron chi connectivity index (χ4n) is 3.07. The summed E-state index contributed by atoms with van der Waals surface area (Å²) in [6.07, 6.45) is 2.82. The first-order chi connectivity index (χ1) is 12.7. The molecule has 26 heavy (non-hydrogen) atoms. The van der Waals surface area contributed by atoms with E-state index in [2.05, 4.69) is 25.4 Å². The number of amides is 1. The van der Waals surface area contributed by atoms with Gasteiger partial charge in [0.2, 0.25) is 11.0 Å². The first-order valence-electron chi connectivity index (χ1n) is 8.58. The minimum Gasteiger partial charge on any atom is -0.387 e. The third kappa shape index (κ3) is 5.04. The molecular weight excluding hydrogens is 354 g/mol. The Balaban J connectivity index is 1.44. The number of carbonyl (C=O) groups is 1. The number of hydrogen-bond acceptors (Lipinski definition) is 8. The van der Waals surface area contributed by atoms with Gasteiger partial charge in [0, 0.05) is 13.3 Å². The minimum absolute atomic E-state index is 0.103. The Morgan fingerprint density at radius 2 is 2.23 bits per heavy atom. The zero-order chi connectivity index (χ0) is 18.4. The van der Waals surface area contributed by atoms with E-state index in [1.54, 1.807) is 13.3 Å². The van der Waals surface area contributed by atoms with Gasteiger partial charge in [0.1, 0.15) is 11.6 Å². The maximum atomic E-state index is 12.2. The molecule has 0 aromatic carbocycles. The van der Waals surface area contributed by atoms with E-state index in [0.29, 0.717) is 24.0 Å². The first-order valence-corrected chi connectivity index (χ1v) is 9.40. The number of nitrogens with one attached hydrogen (secondary N) is 1. The number of rotatable bonds is 7. The number of aliphatic hydroxyl groups excluding tert-OH is 1. The van der Waals surface area contributed by atoms with Gasteiger partial charge in [-0.15, -0.1) is 10.2 Å². The smallest absolute Gasteiger partial charge is 0.240 e. The van der Waals surface area contributed by atoms with Gasteiger partial charge in [-0.1, -0.05) is 17.4 Å². The molecule has 2 N–H and O–H groups in total. The lowest BCUT2D eigenvalue weighted by atomic mass is 9.89. The molecule has 0 aliphatic carbocycles. The lowest BCUT2D eigenvalue weighted by Gasteiger charge is -2.33. The second kappa shape index (κ2) is 9.13. The fraction of sp³-hybridized carbons (Fsp3) is 0.529. The summed E-state index contributed by atoms with van der Waals surface area (Å²) in [7, 11) is 1.59. The molecule has 2 aromatic heterocycles. The molecule has 3 rings (SSSR count). The highest BCUT2D eigenvalue weighted by atomic mass is 32.1. The van der Waals surface area contributed by atoms with Crippen LogP contribution in [0, 0.1) is 5.92 Å². The number of hydrogen-bond donors (Lipinski definition) is 2. The van der Waals surface area contributed by atoms with E-state index in [-0.39, 0.29) is 11.8 Å². The van der Waals surface area contributed by atoms with E-state index in [1.165, 1.54) is 11.3 Å². The predicted molar refractivity (Wildman–Crippen MR) is 97.6 cm³/mol. The highest BCUT2D eigenvalue weighted by molar-refractivity contribution is 7.15. The van der Waals surface area contributed by atoms with Crippen molar-refractivity contribution in [3.05, 3.63) is 35.1 Å². The largest absolute Gasteiger partial charge is 0.387 e. The summed E-state index contributed by atoms with van der Waals surface area (Å²) in [5.74, 6) is 0.0674. The standard InChI is InChI=1S/C17H23N5O3S/c1-25-11-15-20-21-17(26-15)19-14(23)10-22-8-5-12(6-9-22)16(24)13-4-2-3-7-18-13/h2-4,7,12,16,24H,5-6,8-11H2,1H3,(H,19,21,23)/t16-/m0/s1. The van der Waals surface area contributed by atoms with Crippen LogP contribution in [-0.4, -0.2) is 57.8 Å². The summed E-state index contributed by atoms with van der Waals surface area (Å²) in [5, 5.41) is 22.3. The van der Waals surface area contributed by atoms with E-state index < -0.39 is 6.10 Å². The molecule has 8 nitrogen and oxygen atoms in total. The third-order valence-corrected chi connectivity index (χ3v) is 5.23. The van der Waals surface area contributed by atoms with Crippen LogP contribution < -0.4 is 5.32 Å². The Morgan fingerprint density at radius 1 is 1.42 bits per heavy atom. The van der Waals surface area contributed by atoms with Crippen molar-refractivity contribution in [2.45, 2.75) is 25.6 Å². The van der Waals surface area contributed by atoms with E-state index in [9.17, 15) is 9.90 Å². The number of likely N-dealkylation sites (tertiary alicyclic amines) is 1. The molecule has 9 heteroatoms. The van der Waals surface area contributed by atoms with Crippen LogP contribution in [0.2, 0.25) is 0 Å². The van der Waals surface area contributed by atoms with Gasteiger partial charge in [-0.3, -0.25) is 20.0 Å². The van der Waals surface area contributed by atoms with E-state index in [1.807, 2.05) is 18.2 Å². The normalized spacial score (nSPS) is 17.2. The van der Waals surface area contributed by atoms with Gasteiger partial charge < -0.3 is 9.84 Å². The van der Waals surface area contributed by atoms with Crippen LogP contribution >= 0.6 is 11.3 Å². The first kappa shape index (κ1) is 18.8. The number of nitrogens with zero attached hydrogens (tertiary/aromatic N) is 4. The fourth-order valence-corrected chi connectivity index (χ4v) is 3.80. The highest BCUT2D eigenvalue weighted by Crippen LogP contribution is 2.29. The topological polar surface area (TPSA) is 100 Å². The van der Waals surface area contributed by atoms with Gasteiger partial charge in [0.15, 0.2) is 0 Å². The molecule has 1 amide bonds. The van der Waals surface area contributed by atoms with Gasteiger partial charge in [-0.25, -0.2) is 0 Å². The highest BCUT2D eigenvalue weighted by Gasteiger charge is 2.27. The van der Waals surface area contributed by atoms with Crippen LogP contribution in [0.15, 0.2) is 24.4 Å². The minimum atomic E-state index is -0.548. The van der Waals surface area contributed by atoms with Crippen LogP contribution in [0.5, 0.6) is 0 Å². The number of ether oxygens (including phenoxy) is 1. The molecular formula is C17H23N5O3S. The lowest BCUT2D eigenvalue weighted by molar-refractivity contribution is -0.117. The van der Waals surface area contributed by atoms with Crippen molar-refractivity contribution < 1.29 is 14.6 Å². The van der Waals surface area contributed by atoms with E-state index in [0.717, 1.165) is 30.9 Å². The Morgan fingerprint density at radius 3 is 2.92 bits per heavy atom. The number of methoxy groups -OCH3 is 1. The Labute approximate surface area is 156 Å². The predicted octanol–water partition coefficient (Wildman–Crippen LogP) is 1.46. The molecule has 1 atom stereocenters. The summed E-state index contributed by atoms with van der Waals surface area (Å²) >= 11 is 1.31. The van der Waals surface area contributed by atoms with Gasteiger partial charge >= 0.3 is 0 Å².